The fourth-order valence-electron chi connectivity index (χ4n) is 0.906. The molecule has 1 rings (SSSR count). The van der Waals surface area contributed by atoms with Crippen LogP contribution in [0.15, 0.2) is 23.2 Å². The summed E-state index contributed by atoms with van der Waals surface area (Å²) in [5, 5.41) is 9.41. The number of nitrogen functional groups attached to an aromatic ring is 1. The summed E-state index contributed by atoms with van der Waals surface area (Å²) in [5.41, 5.74) is 4.24. The van der Waals surface area contributed by atoms with Crippen molar-refractivity contribution in [1.29, 1.82) is 0 Å². The Morgan fingerprint density at radius 1 is 1.50 bits per heavy atom. The molecule has 4 N–H and O–H groups in total. The number of rotatable bonds is 4. The molecular weight excluding hydrogens is 230 g/mol. The first-order chi connectivity index (χ1) is 7.21. The standard InChI is InChI=1S/C9H15N3O3S/c1-9(2,13)6-12-16(14,15)7-3-4-8(10)11-5-7/h3-5,12-13H,6H2,1-2H3,(H2,10,11). The lowest BCUT2D eigenvalue weighted by Gasteiger charge is -2.17. The predicted octanol–water partition coefficient (Wildman–Crippen LogP) is -0.287. The molecule has 90 valence electrons. The van der Waals surface area contributed by atoms with Gasteiger partial charge in [0, 0.05) is 12.7 Å². The van der Waals surface area contributed by atoms with Crippen LogP contribution in [0.1, 0.15) is 13.8 Å². The lowest BCUT2D eigenvalue weighted by Crippen LogP contribution is -2.38. The van der Waals surface area contributed by atoms with Gasteiger partial charge in [0.25, 0.3) is 0 Å². The zero-order chi connectivity index (χ0) is 12.4. The van der Waals surface area contributed by atoms with Crippen molar-refractivity contribution in [1.82, 2.24) is 9.71 Å². The van der Waals surface area contributed by atoms with Crippen molar-refractivity contribution in [3.05, 3.63) is 18.3 Å². The minimum atomic E-state index is -3.64. The Morgan fingerprint density at radius 2 is 2.12 bits per heavy atom. The molecule has 0 bridgehead atoms. The highest BCUT2D eigenvalue weighted by molar-refractivity contribution is 7.89. The van der Waals surface area contributed by atoms with Gasteiger partial charge in [-0.2, -0.15) is 0 Å². The van der Waals surface area contributed by atoms with Gasteiger partial charge < -0.3 is 10.8 Å². The molecule has 0 atom stereocenters. The number of nitrogens with zero attached hydrogens (tertiary/aromatic N) is 1. The van der Waals surface area contributed by atoms with Crippen LogP contribution in [0.25, 0.3) is 0 Å². The van der Waals surface area contributed by atoms with Crippen molar-refractivity contribution in [2.75, 3.05) is 12.3 Å². The van der Waals surface area contributed by atoms with E-state index >= 15 is 0 Å². The van der Waals surface area contributed by atoms with Gasteiger partial charge in [-0.25, -0.2) is 18.1 Å². The maximum absolute atomic E-state index is 11.7. The van der Waals surface area contributed by atoms with E-state index in [1.807, 2.05) is 0 Å². The molecule has 0 aliphatic heterocycles. The van der Waals surface area contributed by atoms with E-state index in [1.165, 1.54) is 32.2 Å². The second-order valence-electron chi connectivity index (χ2n) is 4.06. The quantitative estimate of drug-likeness (QED) is 0.676. The van der Waals surface area contributed by atoms with E-state index in [9.17, 15) is 13.5 Å². The Balaban J connectivity index is 2.83. The zero-order valence-electron chi connectivity index (χ0n) is 9.14. The van der Waals surface area contributed by atoms with Gasteiger partial charge in [0.2, 0.25) is 10.0 Å². The Hall–Kier alpha value is -1.18. The van der Waals surface area contributed by atoms with Crippen molar-refractivity contribution >= 4 is 15.8 Å². The third-order valence-electron chi connectivity index (χ3n) is 1.76. The van der Waals surface area contributed by atoms with Gasteiger partial charge in [-0.15, -0.1) is 0 Å². The number of hydrogen-bond acceptors (Lipinski definition) is 5. The Bertz CT molecular complexity index is 448. The van der Waals surface area contributed by atoms with E-state index in [-0.39, 0.29) is 17.3 Å². The smallest absolute Gasteiger partial charge is 0.242 e. The van der Waals surface area contributed by atoms with Crippen LogP contribution in [-0.4, -0.2) is 30.7 Å². The van der Waals surface area contributed by atoms with Gasteiger partial charge in [0.05, 0.1) is 5.60 Å². The molecule has 0 aromatic carbocycles. The third kappa shape index (κ3) is 3.76. The van der Waals surface area contributed by atoms with Crippen LogP contribution in [0, 0.1) is 0 Å². The van der Waals surface area contributed by atoms with Crippen LogP contribution >= 0.6 is 0 Å². The summed E-state index contributed by atoms with van der Waals surface area (Å²) < 4.78 is 25.7. The number of nitrogens with one attached hydrogen (secondary N) is 1. The molecule has 0 unspecified atom stereocenters. The summed E-state index contributed by atoms with van der Waals surface area (Å²) in [6, 6.07) is 2.76. The van der Waals surface area contributed by atoms with Gasteiger partial charge in [-0.05, 0) is 26.0 Å². The molecule has 0 fully saturated rings. The molecule has 0 aliphatic rings. The highest BCUT2D eigenvalue weighted by atomic mass is 32.2. The summed E-state index contributed by atoms with van der Waals surface area (Å²) in [6.07, 6.45) is 1.17. The van der Waals surface area contributed by atoms with Gasteiger partial charge >= 0.3 is 0 Å². The molecule has 7 heteroatoms. The number of pyridine rings is 1. The van der Waals surface area contributed by atoms with Crippen LogP contribution in [-0.2, 0) is 10.0 Å². The maximum atomic E-state index is 11.7. The SMILES string of the molecule is CC(C)(O)CNS(=O)(=O)c1ccc(N)nc1. The third-order valence-corrected chi connectivity index (χ3v) is 3.15. The maximum Gasteiger partial charge on any atom is 0.242 e. The Labute approximate surface area is 94.6 Å². The van der Waals surface area contributed by atoms with E-state index < -0.39 is 15.6 Å². The number of anilines is 1. The molecule has 1 aromatic rings. The van der Waals surface area contributed by atoms with Gasteiger partial charge in [-0.3, -0.25) is 0 Å². The minimum absolute atomic E-state index is 0.0194. The zero-order valence-corrected chi connectivity index (χ0v) is 9.95. The van der Waals surface area contributed by atoms with Crippen LogP contribution in [0.5, 0.6) is 0 Å². The van der Waals surface area contributed by atoms with Crippen LogP contribution in [0.4, 0.5) is 5.82 Å². The molecule has 1 heterocycles. The minimum Gasteiger partial charge on any atom is -0.389 e. The summed E-state index contributed by atoms with van der Waals surface area (Å²) in [7, 11) is -3.64. The molecule has 0 aliphatic carbocycles. The summed E-state index contributed by atoms with van der Waals surface area (Å²) in [5.74, 6) is 0.251. The molecule has 0 amide bonds. The molecule has 1 aromatic heterocycles. The number of nitrogens with two attached hydrogens (primary N) is 1. The van der Waals surface area contributed by atoms with E-state index in [0.717, 1.165) is 0 Å². The number of sulfonamides is 1. The second kappa shape index (κ2) is 4.36. The van der Waals surface area contributed by atoms with Crippen LogP contribution in [0.3, 0.4) is 0 Å². The van der Waals surface area contributed by atoms with Crippen molar-refractivity contribution < 1.29 is 13.5 Å². The van der Waals surface area contributed by atoms with Crippen molar-refractivity contribution in [3.63, 3.8) is 0 Å². The average Bonchev–Trinajstić information content (AvgIpc) is 2.15. The summed E-state index contributed by atoms with van der Waals surface area (Å²) in [6.45, 7) is 2.95. The lowest BCUT2D eigenvalue weighted by molar-refractivity contribution is 0.0857. The second-order valence-corrected chi connectivity index (χ2v) is 5.82. The molecule has 0 saturated heterocycles. The van der Waals surface area contributed by atoms with Crippen molar-refractivity contribution in [3.8, 4) is 0 Å². The van der Waals surface area contributed by atoms with E-state index in [4.69, 9.17) is 5.73 Å². The number of aliphatic hydroxyl groups is 1. The lowest BCUT2D eigenvalue weighted by atomic mass is 10.1. The van der Waals surface area contributed by atoms with E-state index in [1.54, 1.807) is 0 Å². The average molecular weight is 245 g/mol. The van der Waals surface area contributed by atoms with Crippen LogP contribution < -0.4 is 10.5 Å². The van der Waals surface area contributed by atoms with E-state index in [2.05, 4.69) is 9.71 Å². The summed E-state index contributed by atoms with van der Waals surface area (Å²) >= 11 is 0. The summed E-state index contributed by atoms with van der Waals surface area (Å²) in [4.78, 5) is 3.71. The highest BCUT2D eigenvalue weighted by Crippen LogP contribution is 2.09. The van der Waals surface area contributed by atoms with Gasteiger partial charge in [0.1, 0.15) is 10.7 Å². The predicted molar refractivity (Wildman–Crippen MR) is 60.1 cm³/mol. The van der Waals surface area contributed by atoms with Crippen molar-refractivity contribution in [2.24, 2.45) is 0 Å². The molecule has 16 heavy (non-hydrogen) atoms. The molecule has 0 spiro atoms. The first-order valence-electron chi connectivity index (χ1n) is 4.64. The van der Waals surface area contributed by atoms with Gasteiger partial charge in [-0.1, -0.05) is 0 Å². The fourth-order valence-corrected chi connectivity index (χ4v) is 2.05. The van der Waals surface area contributed by atoms with Gasteiger partial charge in [0.15, 0.2) is 0 Å². The molecular formula is C9H15N3O3S. The Kier molecular flexibility index (Phi) is 3.51. The van der Waals surface area contributed by atoms with Crippen molar-refractivity contribution in [2.45, 2.75) is 24.3 Å². The normalized spacial score (nSPS) is 12.7. The molecule has 0 saturated carbocycles. The monoisotopic (exact) mass is 245 g/mol. The van der Waals surface area contributed by atoms with E-state index in [0.29, 0.717) is 0 Å². The first-order valence-corrected chi connectivity index (χ1v) is 6.13. The molecule has 0 radical (unpaired) electrons. The fraction of sp³-hybridized carbons (Fsp3) is 0.444. The number of aromatic nitrogens is 1. The largest absolute Gasteiger partial charge is 0.389 e. The highest BCUT2D eigenvalue weighted by Gasteiger charge is 2.19. The van der Waals surface area contributed by atoms with Crippen LogP contribution in [0.2, 0.25) is 0 Å². The number of hydrogen-bond donors (Lipinski definition) is 3. The topological polar surface area (TPSA) is 105 Å². The Morgan fingerprint density at radius 3 is 2.56 bits per heavy atom. The first kappa shape index (κ1) is 12.9. The molecule has 6 nitrogen and oxygen atoms in total.